The lowest BCUT2D eigenvalue weighted by Gasteiger charge is -2.15. The largest absolute Gasteiger partial charge is 0.493 e. The number of hydrogen-bond donors (Lipinski definition) is 1. The lowest BCUT2D eigenvalue weighted by molar-refractivity contribution is -0.136. The van der Waals surface area contributed by atoms with Crippen LogP contribution in [0.4, 0.5) is 0 Å². The zero-order valence-electron chi connectivity index (χ0n) is 15.5. The summed E-state index contributed by atoms with van der Waals surface area (Å²) in [6.45, 7) is 5.03. The van der Waals surface area contributed by atoms with Crippen LogP contribution in [-0.2, 0) is 11.2 Å². The first kappa shape index (κ1) is 19.6. The molecule has 5 nitrogen and oxygen atoms in total. The van der Waals surface area contributed by atoms with E-state index in [2.05, 4.69) is 26.0 Å². The standard InChI is InChI=1S/C21H26O5/c1-15(2)16-7-10-18(11-8-16)25-13-14-26-21-17(9-12-20(22)23)5-4-6-19(21)24-3/h4-8,10-11,15H,9,12-14H2,1-3H3,(H,22,23). The maximum absolute atomic E-state index is 10.8. The maximum atomic E-state index is 10.8. The van der Waals surface area contributed by atoms with Gasteiger partial charge in [-0.3, -0.25) is 4.79 Å². The van der Waals surface area contributed by atoms with Crippen LogP contribution in [0.25, 0.3) is 0 Å². The Kier molecular flexibility index (Phi) is 7.33. The predicted octanol–water partition coefficient (Wildman–Crippen LogP) is 4.29. The molecule has 0 aliphatic rings. The summed E-state index contributed by atoms with van der Waals surface area (Å²) < 4.78 is 16.9. The molecule has 0 radical (unpaired) electrons. The first-order valence-electron chi connectivity index (χ1n) is 8.74. The van der Waals surface area contributed by atoms with E-state index in [9.17, 15) is 4.79 Å². The second-order valence-electron chi connectivity index (χ2n) is 6.26. The molecule has 2 aromatic rings. The van der Waals surface area contributed by atoms with Gasteiger partial charge in [-0.1, -0.05) is 38.1 Å². The molecular weight excluding hydrogens is 332 g/mol. The molecule has 0 saturated heterocycles. The summed E-state index contributed by atoms with van der Waals surface area (Å²) in [5.41, 5.74) is 2.08. The normalized spacial score (nSPS) is 10.6. The van der Waals surface area contributed by atoms with Crippen LogP contribution in [0.3, 0.4) is 0 Å². The molecule has 0 aromatic heterocycles. The molecule has 0 aliphatic carbocycles. The third-order valence-electron chi connectivity index (χ3n) is 4.03. The minimum Gasteiger partial charge on any atom is -0.493 e. The number of benzene rings is 2. The van der Waals surface area contributed by atoms with Crippen molar-refractivity contribution in [2.24, 2.45) is 0 Å². The number of rotatable bonds is 10. The van der Waals surface area contributed by atoms with E-state index in [0.29, 0.717) is 37.1 Å². The summed E-state index contributed by atoms with van der Waals surface area (Å²) in [5.74, 6) is 1.61. The van der Waals surface area contributed by atoms with Crippen molar-refractivity contribution in [3.05, 3.63) is 53.6 Å². The van der Waals surface area contributed by atoms with E-state index in [0.717, 1.165) is 11.3 Å². The van der Waals surface area contributed by atoms with Crippen LogP contribution < -0.4 is 14.2 Å². The molecule has 2 rings (SSSR count). The highest BCUT2D eigenvalue weighted by molar-refractivity contribution is 5.67. The average molecular weight is 358 g/mol. The van der Waals surface area contributed by atoms with Crippen molar-refractivity contribution >= 4 is 5.97 Å². The van der Waals surface area contributed by atoms with Crippen LogP contribution in [0.1, 0.15) is 37.3 Å². The Morgan fingerprint density at radius 3 is 2.35 bits per heavy atom. The van der Waals surface area contributed by atoms with Gasteiger partial charge in [0.25, 0.3) is 0 Å². The molecular formula is C21H26O5. The number of carbonyl (C=O) groups is 1. The predicted molar refractivity (Wildman–Crippen MR) is 100 cm³/mol. The van der Waals surface area contributed by atoms with Crippen LogP contribution in [0.15, 0.2) is 42.5 Å². The third kappa shape index (κ3) is 5.69. The molecule has 1 N–H and O–H groups in total. The number of ether oxygens (including phenoxy) is 3. The van der Waals surface area contributed by atoms with Crippen molar-refractivity contribution in [1.82, 2.24) is 0 Å². The monoisotopic (exact) mass is 358 g/mol. The maximum Gasteiger partial charge on any atom is 0.303 e. The Labute approximate surface area is 154 Å². The van der Waals surface area contributed by atoms with Crippen LogP contribution in [0.2, 0.25) is 0 Å². The summed E-state index contributed by atoms with van der Waals surface area (Å²) in [5, 5.41) is 8.89. The number of para-hydroxylation sites is 1. The molecule has 140 valence electrons. The topological polar surface area (TPSA) is 65.0 Å². The van der Waals surface area contributed by atoms with Gasteiger partial charge in [0.05, 0.1) is 7.11 Å². The molecule has 0 bridgehead atoms. The van der Waals surface area contributed by atoms with Gasteiger partial charge in [0, 0.05) is 6.42 Å². The molecule has 2 aromatic carbocycles. The second kappa shape index (κ2) is 9.70. The fourth-order valence-electron chi connectivity index (χ4n) is 2.58. The van der Waals surface area contributed by atoms with Crippen molar-refractivity contribution in [2.45, 2.75) is 32.6 Å². The third-order valence-corrected chi connectivity index (χ3v) is 4.03. The highest BCUT2D eigenvalue weighted by atomic mass is 16.5. The van der Waals surface area contributed by atoms with Crippen molar-refractivity contribution in [3.8, 4) is 17.2 Å². The Balaban J connectivity index is 1.92. The van der Waals surface area contributed by atoms with E-state index >= 15 is 0 Å². The van der Waals surface area contributed by atoms with Gasteiger partial charge in [0.1, 0.15) is 19.0 Å². The first-order chi connectivity index (χ1) is 12.5. The highest BCUT2D eigenvalue weighted by Crippen LogP contribution is 2.32. The smallest absolute Gasteiger partial charge is 0.303 e. The molecule has 5 heteroatoms. The van der Waals surface area contributed by atoms with Gasteiger partial charge >= 0.3 is 5.97 Å². The summed E-state index contributed by atoms with van der Waals surface area (Å²) in [6.07, 6.45) is 0.432. The number of hydrogen-bond acceptors (Lipinski definition) is 4. The molecule has 0 spiro atoms. The van der Waals surface area contributed by atoms with Gasteiger partial charge in [0.2, 0.25) is 0 Å². The van der Waals surface area contributed by atoms with Crippen molar-refractivity contribution in [1.29, 1.82) is 0 Å². The molecule has 0 fully saturated rings. The van der Waals surface area contributed by atoms with Gasteiger partial charge in [-0.25, -0.2) is 0 Å². The second-order valence-corrected chi connectivity index (χ2v) is 6.26. The number of aliphatic carboxylic acids is 1. The number of methoxy groups -OCH3 is 1. The number of carboxylic acid groups (broad SMARTS) is 1. The lowest BCUT2D eigenvalue weighted by Crippen LogP contribution is -2.11. The van der Waals surface area contributed by atoms with Crippen LogP contribution >= 0.6 is 0 Å². The first-order valence-corrected chi connectivity index (χ1v) is 8.74. The zero-order chi connectivity index (χ0) is 18.9. The Morgan fingerprint density at radius 2 is 1.73 bits per heavy atom. The Hall–Kier alpha value is -2.69. The quantitative estimate of drug-likeness (QED) is 0.642. The SMILES string of the molecule is COc1cccc(CCC(=O)O)c1OCCOc1ccc(C(C)C)cc1. The van der Waals surface area contributed by atoms with Crippen LogP contribution in [-0.4, -0.2) is 31.4 Å². The molecule has 26 heavy (non-hydrogen) atoms. The molecule has 0 aliphatic heterocycles. The fourth-order valence-corrected chi connectivity index (χ4v) is 2.58. The van der Waals surface area contributed by atoms with Gasteiger partial charge in [-0.05, 0) is 41.7 Å². The van der Waals surface area contributed by atoms with E-state index in [1.165, 1.54) is 5.56 Å². The van der Waals surface area contributed by atoms with Crippen molar-refractivity contribution in [2.75, 3.05) is 20.3 Å². The Morgan fingerprint density at radius 1 is 1.04 bits per heavy atom. The minimum absolute atomic E-state index is 0.0439. The summed E-state index contributed by atoms with van der Waals surface area (Å²) >= 11 is 0. The molecule has 0 amide bonds. The fraction of sp³-hybridized carbons (Fsp3) is 0.381. The van der Waals surface area contributed by atoms with E-state index < -0.39 is 5.97 Å². The number of aryl methyl sites for hydroxylation is 1. The van der Waals surface area contributed by atoms with Gasteiger partial charge in [-0.15, -0.1) is 0 Å². The zero-order valence-corrected chi connectivity index (χ0v) is 15.5. The molecule has 0 unspecified atom stereocenters. The van der Waals surface area contributed by atoms with Gasteiger partial charge in [0.15, 0.2) is 11.5 Å². The molecule has 0 saturated carbocycles. The van der Waals surface area contributed by atoms with Crippen molar-refractivity contribution < 1.29 is 24.1 Å². The highest BCUT2D eigenvalue weighted by Gasteiger charge is 2.12. The number of carboxylic acids is 1. The van der Waals surface area contributed by atoms with Crippen LogP contribution in [0, 0.1) is 0 Å². The summed E-state index contributed by atoms with van der Waals surface area (Å²) in [6, 6.07) is 13.5. The van der Waals surface area contributed by atoms with Gasteiger partial charge < -0.3 is 19.3 Å². The van der Waals surface area contributed by atoms with Crippen LogP contribution in [0.5, 0.6) is 17.2 Å². The average Bonchev–Trinajstić information content (AvgIpc) is 2.64. The van der Waals surface area contributed by atoms with E-state index in [1.807, 2.05) is 24.3 Å². The minimum atomic E-state index is -0.841. The Bertz CT molecular complexity index is 707. The van der Waals surface area contributed by atoms with Gasteiger partial charge in [-0.2, -0.15) is 0 Å². The summed E-state index contributed by atoms with van der Waals surface area (Å²) in [7, 11) is 1.57. The van der Waals surface area contributed by atoms with E-state index in [1.54, 1.807) is 13.2 Å². The lowest BCUT2D eigenvalue weighted by atomic mass is 10.0. The van der Waals surface area contributed by atoms with E-state index in [4.69, 9.17) is 19.3 Å². The summed E-state index contributed by atoms with van der Waals surface area (Å²) in [4.78, 5) is 10.8. The molecule has 0 heterocycles. The van der Waals surface area contributed by atoms with Crippen molar-refractivity contribution in [3.63, 3.8) is 0 Å². The molecule has 0 atom stereocenters. The van der Waals surface area contributed by atoms with E-state index in [-0.39, 0.29) is 6.42 Å².